The van der Waals surface area contributed by atoms with Crippen molar-refractivity contribution in [2.24, 2.45) is 7.05 Å². The summed E-state index contributed by atoms with van der Waals surface area (Å²) >= 11 is 0. The molecule has 1 spiro atoms. The van der Waals surface area contributed by atoms with Gasteiger partial charge in [-0.1, -0.05) is 236 Å². The SMILES string of the molecule is Cn1c2ccccc2c2c3c(cc(N(c4ccc(-c5ccccc5)cc4)c4ccc(C(C)(C)C)cc4)c21)C1(C2=C(CC=CC=C2)C2=C1C=CC=CC2)c1cc(N(c2ccc(-c4ccccc4)cc2)c2ccc(C(C)(C)C)cc2)c2c(oc4ccccc42)c1-3. The molecular weight excluding hydrogens is 1070 g/mol. The Hall–Kier alpha value is -10.2. The first-order chi connectivity index (χ1) is 42.9. The standard InChI is InChI=1S/C84H69N3O/c1-82(2,3)58-40-48-62(49-41-58)86(60-44-36-56(37-45-60)54-24-12-8-13-25-54)73-52-71-79(81-76(73)67-31-21-23-35-75(67)88-81)78-70(84(71)68-32-18-10-16-28-64(68)65-29-17-11-19-33-69(65)84)53-74(80-77(78)66-30-20-22-34-72(66)85(80)7)87(63-50-42-59(43-51-63)83(4,5)6)61-46-38-57(39-47-61)55-26-14-9-15-27-55/h8-27,30-53H,28-29H2,1-7H3. The first-order valence-electron chi connectivity index (χ1n) is 31.2. The third-order valence-electron chi connectivity index (χ3n) is 19.3. The molecule has 16 rings (SSSR count). The quantitative estimate of drug-likeness (QED) is 0.152. The summed E-state index contributed by atoms with van der Waals surface area (Å²) in [5.74, 6) is 0. The van der Waals surface area contributed by atoms with Crippen LogP contribution in [0.1, 0.15) is 76.6 Å². The molecule has 0 saturated carbocycles. The summed E-state index contributed by atoms with van der Waals surface area (Å²) in [5.41, 5.74) is 27.2. The van der Waals surface area contributed by atoms with Gasteiger partial charge in [0.25, 0.3) is 0 Å². The molecule has 0 atom stereocenters. The lowest BCUT2D eigenvalue weighted by Crippen LogP contribution is -2.28. The maximum absolute atomic E-state index is 7.71. The number of anilines is 6. The third-order valence-corrected chi connectivity index (χ3v) is 19.3. The van der Waals surface area contributed by atoms with E-state index in [4.69, 9.17) is 4.42 Å². The van der Waals surface area contributed by atoms with E-state index in [9.17, 15) is 0 Å². The normalized spacial score (nSPS) is 14.9. The molecule has 0 radical (unpaired) electrons. The van der Waals surface area contributed by atoms with Crippen LogP contribution in [0.3, 0.4) is 0 Å². The van der Waals surface area contributed by atoms with E-state index in [0.717, 1.165) is 80.0 Å². The molecule has 4 heteroatoms. The maximum atomic E-state index is 7.71. The van der Waals surface area contributed by atoms with Crippen molar-refractivity contribution in [3.63, 3.8) is 0 Å². The van der Waals surface area contributed by atoms with Gasteiger partial charge in [-0.2, -0.15) is 0 Å². The van der Waals surface area contributed by atoms with Crippen LogP contribution >= 0.6 is 0 Å². The van der Waals surface area contributed by atoms with E-state index in [1.165, 1.54) is 88.7 Å². The number of hydrogen-bond donors (Lipinski definition) is 0. The van der Waals surface area contributed by atoms with E-state index in [1.54, 1.807) is 0 Å². The summed E-state index contributed by atoms with van der Waals surface area (Å²) in [5, 5.41) is 4.57. The zero-order chi connectivity index (χ0) is 59.6. The Bertz CT molecular complexity index is 4940. The summed E-state index contributed by atoms with van der Waals surface area (Å²) in [6, 6.07) is 81.5. The zero-order valence-electron chi connectivity index (χ0n) is 51.1. The fourth-order valence-corrected chi connectivity index (χ4v) is 15.0. The van der Waals surface area contributed by atoms with Gasteiger partial charge in [-0.05, 0) is 163 Å². The fraction of sp³-hybridized carbons (Fsp3) is 0.143. The Morgan fingerprint density at radius 2 is 0.852 bits per heavy atom. The molecule has 12 aromatic rings. The number of allylic oxidation sites excluding steroid dienone is 12. The number of aryl methyl sites for hydroxylation is 1. The highest BCUT2D eigenvalue weighted by Crippen LogP contribution is 2.68. The van der Waals surface area contributed by atoms with Crippen LogP contribution in [0.2, 0.25) is 0 Å². The van der Waals surface area contributed by atoms with Crippen LogP contribution in [0, 0.1) is 0 Å². The van der Waals surface area contributed by atoms with Gasteiger partial charge in [-0.15, -0.1) is 0 Å². The Balaban J connectivity index is 1.07. The van der Waals surface area contributed by atoms with Crippen molar-refractivity contribution in [3.05, 3.63) is 312 Å². The molecule has 0 bridgehead atoms. The van der Waals surface area contributed by atoms with E-state index in [0.29, 0.717) is 0 Å². The van der Waals surface area contributed by atoms with Crippen LogP contribution in [-0.4, -0.2) is 4.57 Å². The molecule has 0 unspecified atom stereocenters. The predicted molar refractivity (Wildman–Crippen MR) is 371 cm³/mol. The summed E-state index contributed by atoms with van der Waals surface area (Å²) in [4.78, 5) is 5.05. The second-order valence-electron chi connectivity index (χ2n) is 26.3. The minimum atomic E-state index is -0.806. The number of aromatic nitrogens is 1. The van der Waals surface area contributed by atoms with Gasteiger partial charge in [0, 0.05) is 62.6 Å². The second-order valence-corrected chi connectivity index (χ2v) is 26.3. The molecular formula is C84H69N3O. The maximum Gasteiger partial charge on any atom is 0.145 e. The number of furan rings is 1. The predicted octanol–water partition coefficient (Wildman–Crippen LogP) is 23.0. The molecule has 426 valence electrons. The molecule has 4 aliphatic rings. The second kappa shape index (κ2) is 20.2. The molecule has 4 nitrogen and oxygen atoms in total. The first-order valence-corrected chi connectivity index (χ1v) is 31.2. The molecule has 88 heavy (non-hydrogen) atoms. The van der Waals surface area contributed by atoms with Gasteiger partial charge in [0.1, 0.15) is 11.2 Å². The first kappa shape index (κ1) is 53.3. The van der Waals surface area contributed by atoms with Crippen LogP contribution in [0.25, 0.3) is 77.1 Å². The van der Waals surface area contributed by atoms with Crippen LogP contribution < -0.4 is 9.80 Å². The molecule has 0 N–H and O–H groups in total. The van der Waals surface area contributed by atoms with Crippen molar-refractivity contribution >= 4 is 77.9 Å². The molecule has 0 aliphatic heterocycles. The Kier molecular flexibility index (Phi) is 12.3. The highest BCUT2D eigenvalue weighted by Gasteiger charge is 2.55. The van der Waals surface area contributed by atoms with E-state index >= 15 is 0 Å². The lowest BCUT2D eigenvalue weighted by Gasteiger charge is -2.35. The molecule has 0 saturated heterocycles. The highest BCUT2D eigenvalue weighted by atomic mass is 16.3. The molecule has 2 aromatic heterocycles. The van der Waals surface area contributed by atoms with Gasteiger partial charge in [0.05, 0.1) is 27.7 Å². The summed E-state index contributed by atoms with van der Waals surface area (Å²) in [7, 11) is 2.27. The largest absolute Gasteiger partial charge is 0.455 e. The van der Waals surface area contributed by atoms with Crippen molar-refractivity contribution in [1.29, 1.82) is 0 Å². The molecule has 2 heterocycles. The summed E-state index contributed by atoms with van der Waals surface area (Å²) in [6.45, 7) is 13.8. The number of nitrogens with zero attached hydrogens (tertiary/aromatic N) is 3. The topological polar surface area (TPSA) is 24.6 Å². The number of rotatable bonds is 8. The van der Waals surface area contributed by atoms with Crippen LogP contribution in [0.4, 0.5) is 34.1 Å². The molecule has 0 amide bonds. The van der Waals surface area contributed by atoms with Crippen LogP contribution in [0.15, 0.2) is 294 Å². The van der Waals surface area contributed by atoms with Crippen molar-refractivity contribution < 1.29 is 4.42 Å². The lowest BCUT2D eigenvalue weighted by molar-refractivity contribution is 0.590. The molecule has 10 aromatic carbocycles. The van der Waals surface area contributed by atoms with Gasteiger partial charge >= 0.3 is 0 Å². The number of fused-ring (bicyclic) bond motifs is 16. The van der Waals surface area contributed by atoms with Crippen molar-refractivity contribution in [1.82, 2.24) is 4.57 Å². The van der Waals surface area contributed by atoms with Gasteiger partial charge < -0.3 is 18.8 Å². The average Bonchev–Trinajstić information content (AvgIpc) is 1.49. The van der Waals surface area contributed by atoms with E-state index in [-0.39, 0.29) is 10.8 Å². The van der Waals surface area contributed by atoms with E-state index in [2.05, 4.69) is 330 Å². The zero-order valence-corrected chi connectivity index (χ0v) is 51.1. The van der Waals surface area contributed by atoms with Crippen molar-refractivity contribution in [2.45, 2.75) is 70.6 Å². The monoisotopic (exact) mass is 1140 g/mol. The van der Waals surface area contributed by atoms with Gasteiger partial charge in [0.15, 0.2) is 0 Å². The Morgan fingerprint density at radius 3 is 1.38 bits per heavy atom. The smallest absolute Gasteiger partial charge is 0.145 e. The minimum absolute atomic E-state index is 0.0328. The summed E-state index contributed by atoms with van der Waals surface area (Å²) < 4.78 is 10.2. The minimum Gasteiger partial charge on any atom is -0.455 e. The van der Waals surface area contributed by atoms with Crippen molar-refractivity contribution in [2.75, 3.05) is 9.80 Å². The van der Waals surface area contributed by atoms with Gasteiger partial charge in [-0.25, -0.2) is 0 Å². The molecule has 4 aliphatic carbocycles. The third kappa shape index (κ3) is 8.18. The van der Waals surface area contributed by atoms with Crippen molar-refractivity contribution in [3.8, 4) is 33.4 Å². The van der Waals surface area contributed by atoms with Crippen LogP contribution in [0.5, 0.6) is 0 Å². The van der Waals surface area contributed by atoms with Gasteiger partial charge in [-0.3, -0.25) is 0 Å². The van der Waals surface area contributed by atoms with Gasteiger partial charge in [0.2, 0.25) is 0 Å². The number of benzene rings is 10. The van der Waals surface area contributed by atoms with E-state index < -0.39 is 5.41 Å². The highest BCUT2D eigenvalue weighted by molar-refractivity contribution is 6.27. The Labute approximate surface area is 516 Å². The number of para-hydroxylation sites is 2. The molecule has 0 fully saturated rings. The average molecular weight is 1140 g/mol. The lowest BCUT2D eigenvalue weighted by atomic mass is 9.68. The Morgan fingerprint density at radius 1 is 0.420 bits per heavy atom. The summed E-state index contributed by atoms with van der Waals surface area (Å²) in [6.07, 6.45) is 20.3. The van der Waals surface area contributed by atoms with Crippen LogP contribution in [-0.2, 0) is 23.3 Å². The fourth-order valence-electron chi connectivity index (χ4n) is 15.0. The number of hydrogen-bond acceptors (Lipinski definition) is 3. The van der Waals surface area contributed by atoms with E-state index in [1.807, 2.05) is 0 Å².